The molecule has 1 aromatic carbocycles. The van der Waals surface area contributed by atoms with E-state index in [1.165, 1.54) is 6.08 Å². The Balaban J connectivity index is 1.91. The van der Waals surface area contributed by atoms with Gasteiger partial charge in [0.05, 0.1) is 6.10 Å². The number of amides is 1. The highest BCUT2D eigenvalue weighted by Gasteiger charge is 2.29. The Morgan fingerprint density at radius 2 is 2.05 bits per heavy atom. The topological polar surface area (TPSA) is 102 Å². The van der Waals surface area contributed by atoms with Gasteiger partial charge < -0.3 is 20.9 Å². The first-order valence-electron chi connectivity index (χ1n) is 6.76. The zero-order chi connectivity index (χ0) is 15.2. The van der Waals surface area contributed by atoms with E-state index in [2.05, 4.69) is 5.32 Å². The van der Waals surface area contributed by atoms with E-state index in [4.69, 9.17) is 15.6 Å². The lowest BCUT2D eigenvalue weighted by molar-refractivity contribution is -0.131. The minimum atomic E-state index is -1.000. The summed E-state index contributed by atoms with van der Waals surface area (Å²) in [6, 6.07) is 6.89. The first-order chi connectivity index (χ1) is 10.1. The van der Waals surface area contributed by atoms with Crippen molar-refractivity contribution in [1.29, 1.82) is 0 Å². The number of carboxylic acid groups (broad SMARTS) is 1. The minimum absolute atomic E-state index is 0.0377. The Bertz CT molecular complexity index is 539. The van der Waals surface area contributed by atoms with Gasteiger partial charge in [-0.05, 0) is 36.6 Å². The standard InChI is InChI=1S/C15H18N2O4/c16-9-12-6-7-13(21-12)15(20)17-11-4-1-10(2-5-11)3-8-14(18)19/h1-5,8,12-13H,6-7,9,16H2,(H,17,20)(H,18,19)/b8-3+. The summed E-state index contributed by atoms with van der Waals surface area (Å²) in [7, 11) is 0. The van der Waals surface area contributed by atoms with Crippen LogP contribution in [0, 0.1) is 0 Å². The lowest BCUT2D eigenvalue weighted by Gasteiger charge is -2.12. The molecule has 4 N–H and O–H groups in total. The fourth-order valence-corrected chi connectivity index (χ4v) is 2.14. The number of benzene rings is 1. The van der Waals surface area contributed by atoms with Gasteiger partial charge in [0.1, 0.15) is 6.10 Å². The SMILES string of the molecule is NCC1CCC(C(=O)Nc2ccc(/C=C/C(=O)O)cc2)O1. The Morgan fingerprint density at radius 3 is 2.62 bits per heavy atom. The van der Waals surface area contributed by atoms with Gasteiger partial charge in [-0.25, -0.2) is 4.79 Å². The largest absolute Gasteiger partial charge is 0.478 e. The van der Waals surface area contributed by atoms with E-state index in [9.17, 15) is 9.59 Å². The molecule has 2 atom stereocenters. The third kappa shape index (κ3) is 4.40. The number of anilines is 1. The number of carbonyl (C=O) groups excluding carboxylic acids is 1. The zero-order valence-corrected chi connectivity index (χ0v) is 11.5. The van der Waals surface area contributed by atoms with E-state index >= 15 is 0 Å². The first kappa shape index (κ1) is 15.2. The maximum absolute atomic E-state index is 12.0. The fourth-order valence-electron chi connectivity index (χ4n) is 2.14. The van der Waals surface area contributed by atoms with Gasteiger partial charge in [0, 0.05) is 18.3 Å². The number of aliphatic carboxylic acids is 1. The number of rotatable bonds is 5. The van der Waals surface area contributed by atoms with Crippen molar-refractivity contribution in [2.75, 3.05) is 11.9 Å². The zero-order valence-electron chi connectivity index (χ0n) is 11.5. The van der Waals surface area contributed by atoms with E-state index in [0.29, 0.717) is 18.7 Å². The van der Waals surface area contributed by atoms with Crippen LogP contribution in [-0.4, -0.2) is 35.7 Å². The molecule has 2 rings (SSSR count). The van der Waals surface area contributed by atoms with Gasteiger partial charge in [-0.3, -0.25) is 4.79 Å². The van der Waals surface area contributed by atoms with Crippen LogP contribution in [0.15, 0.2) is 30.3 Å². The quantitative estimate of drug-likeness (QED) is 0.708. The van der Waals surface area contributed by atoms with Crippen molar-refractivity contribution in [3.63, 3.8) is 0 Å². The van der Waals surface area contributed by atoms with Crippen LogP contribution in [0.5, 0.6) is 0 Å². The average molecular weight is 290 g/mol. The molecule has 112 valence electrons. The molecule has 1 heterocycles. The molecule has 0 bridgehead atoms. The molecular formula is C15H18N2O4. The summed E-state index contributed by atoms with van der Waals surface area (Å²) < 4.78 is 5.52. The monoisotopic (exact) mass is 290 g/mol. The van der Waals surface area contributed by atoms with E-state index in [0.717, 1.165) is 18.1 Å². The Morgan fingerprint density at radius 1 is 1.33 bits per heavy atom. The van der Waals surface area contributed by atoms with Gasteiger partial charge >= 0.3 is 5.97 Å². The number of nitrogens with one attached hydrogen (secondary N) is 1. The van der Waals surface area contributed by atoms with Crippen molar-refractivity contribution in [2.45, 2.75) is 25.0 Å². The molecule has 6 heteroatoms. The molecule has 1 fully saturated rings. The predicted molar refractivity (Wildman–Crippen MR) is 78.7 cm³/mol. The summed E-state index contributed by atoms with van der Waals surface area (Å²) in [5.74, 6) is -1.18. The molecule has 1 aliphatic rings. The van der Waals surface area contributed by atoms with E-state index in [1.807, 2.05) is 0 Å². The van der Waals surface area contributed by atoms with Crippen LogP contribution in [0.2, 0.25) is 0 Å². The Kier molecular flexibility index (Phi) is 5.08. The molecule has 6 nitrogen and oxygen atoms in total. The van der Waals surface area contributed by atoms with E-state index in [1.54, 1.807) is 24.3 Å². The molecule has 0 aromatic heterocycles. The summed E-state index contributed by atoms with van der Waals surface area (Å²) in [5.41, 5.74) is 6.90. The van der Waals surface area contributed by atoms with Crippen molar-refractivity contribution < 1.29 is 19.4 Å². The number of carboxylic acids is 1. The van der Waals surface area contributed by atoms with Crippen molar-refractivity contribution in [2.24, 2.45) is 5.73 Å². The maximum Gasteiger partial charge on any atom is 0.328 e. The minimum Gasteiger partial charge on any atom is -0.478 e. The van der Waals surface area contributed by atoms with Crippen LogP contribution in [0.1, 0.15) is 18.4 Å². The Labute approximate surface area is 122 Å². The van der Waals surface area contributed by atoms with Crippen LogP contribution in [0.4, 0.5) is 5.69 Å². The molecular weight excluding hydrogens is 272 g/mol. The lowest BCUT2D eigenvalue weighted by atomic mass is 10.1. The van der Waals surface area contributed by atoms with Gasteiger partial charge in [-0.2, -0.15) is 0 Å². The second-order valence-electron chi connectivity index (χ2n) is 4.84. The van der Waals surface area contributed by atoms with Gasteiger partial charge in [-0.1, -0.05) is 12.1 Å². The molecule has 0 saturated carbocycles. The van der Waals surface area contributed by atoms with Crippen molar-refractivity contribution >= 4 is 23.6 Å². The summed E-state index contributed by atoms with van der Waals surface area (Å²) in [6.07, 6.45) is 3.53. The van der Waals surface area contributed by atoms with Gasteiger partial charge in [0.25, 0.3) is 5.91 Å². The van der Waals surface area contributed by atoms with Crippen LogP contribution in [0.25, 0.3) is 6.08 Å². The molecule has 1 saturated heterocycles. The molecule has 21 heavy (non-hydrogen) atoms. The number of nitrogens with two attached hydrogens (primary N) is 1. The number of ether oxygens (including phenoxy) is 1. The molecule has 1 aromatic rings. The average Bonchev–Trinajstić information content (AvgIpc) is 2.95. The van der Waals surface area contributed by atoms with Crippen LogP contribution in [-0.2, 0) is 14.3 Å². The van der Waals surface area contributed by atoms with Crippen molar-refractivity contribution in [3.8, 4) is 0 Å². The summed E-state index contributed by atoms with van der Waals surface area (Å²) in [4.78, 5) is 22.4. The smallest absolute Gasteiger partial charge is 0.328 e. The third-order valence-corrected chi connectivity index (χ3v) is 3.26. The predicted octanol–water partition coefficient (Wildman–Crippen LogP) is 1.23. The highest BCUT2D eigenvalue weighted by Crippen LogP contribution is 2.20. The van der Waals surface area contributed by atoms with Gasteiger partial charge in [0.15, 0.2) is 0 Å². The van der Waals surface area contributed by atoms with Crippen molar-refractivity contribution in [1.82, 2.24) is 0 Å². The first-order valence-corrected chi connectivity index (χ1v) is 6.76. The summed E-state index contributed by atoms with van der Waals surface area (Å²) in [6.45, 7) is 0.425. The number of hydrogen-bond acceptors (Lipinski definition) is 4. The van der Waals surface area contributed by atoms with Crippen LogP contribution in [0.3, 0.4) is 0 Å². The van der Waals surface area contributed by atoms with Gasteiger partial charge in [-0.15, -0.1) is 0 Å². The fraction of sp³-hybridized carbons (Fsp3) is 0.333. The van der Waals surface area contributed by atoms with Crippen LogP contribution >= 0.6 is 0 Å². The number of hydrogen-bond donors (Lipinski definition) is 3. The molecule has 2 unspecified atom stereocenters. The third-order valence-electron chi connectivity index (χ3n) is 3.26. The maximum atomic E-state index is 12.0. The molecule has 1 amide bonds. The highest BCUT2D eigenvalue weighted by molar-refractivity contribution is 5.94. The van der Waals surface area contributed by atoms with Crippen molar-refractivity contribution in [3.05, 3.63) is 35.9 Å². The van der Waals surface area contributed by atoms with E-state index in [-0.39, 0.29) is 12.0 Å². The molecule has 0 radical (unpaired) electrons. The molecule has 1 aliphatic heterocycles. The summed E-state index contributed by atoms with van der Waals surface area (Å²) >= 11 is 0. The van der Waals surface area contributed by atoms with Crippen LogP contribution < -0.4 is 11.1 Å². The lowest BCUT2D eigenvalue weighted by Crippen LogP contribution is -2.29. The second kappa shape index (κ2) is 7.01. The normalized spacial score (nSPS) is 21.6. The molecule has 0 spiro atoms. The Hall–Kier alpha value is -2.18. The van der Waals surface area contributed by atoms with E-state index < -0.39 is 12.1 Å². The highest BCUT2D eigenvalue weighted by atomic mass is 16.5. The second-order valence-corrected chi connectivity index (χ2v) is 4.84. The van der Waals surface area contributed by atoms with Gasteiger partial charge in [0.2, 0.25) is 0 Å². The molecule has 0 aliphatic carbocycles. The summed E-state index contributed by atoms with van der Waals surface area (Å²) in [5, 5.41) is 11.3. The number of carbonyl (C=O) groups is 2.